The van der Waals surface area contributed by atoms with Crippen molar-refractivity contribution in [3.05, 3.63) is 36.0 Å². The Balaban J connectivity index is 1.92. The van der Waals surface area contributed by atoms with E-state index in [1.807, 2.05) is 6.26 Å². The van der Waals surface area contributed by atoms with Crippen molar-refractivity contribution in [2.75, 3.05) is 17.2 Å². The number of primary amides is 1. The minimum absolute atomic E-state index is 0.126. The number of phenols is 1. The summed E-state index contributed by atoms with van der Waals surface area (Å²) >= 11 is 2.44. The molecular weight excluding hydrogens is 474 g/mol. The number of carbonyl (C=O) groups is 1. The molecule has 0 saturated carbocycles. The largest absolute Gasteiger partial charge is 0.506 e. The normalized spacial score (nSPS) is 12.1. The summed E-state index contributed by atoms with van der Waals surface area (Å²) in [6, 6.07) is 5.80. The number of aromatic nitrogens is 3. The molecule has 0 unspecified atom stereocenters. The van der Waals surface area contributed by atoms with Gasteiger partial charge in [-0.2, -0.15) is 4.37 Å². The number of carbonyl (C=O) groups excluding carboxylic acids is 1. The SMILES string of the molecule is CSc1ncc2c(/N=N/c3cc(C(N)=O)c(O)c4cccc(NS(C)(=O)=O)c34)snc2n1. The number of thioether (sulfide) groups is 1. The summed E-state index contributed by atoms with van der Waals surface area (Å²) in [5.74, 6) is -1.26. The first-order chi connectivity index (χ1) is 15.2. The molecule has 0 spiro atoms. The molecule has 4 N–H and O–H groups in total. The second-order valence-corrected chi connectivity index (χ2v) is 9.81. The Morgan fingerprint density at radius 2 is 2.06 bits per heavy atom. The first kappa shape index (κ1) is 21.9. The molecule has 2 aromatic carbocycles. The molecule has 0 bridgehead atoms. The number of aromatic hydroxyl groups is 1. The van der Waals surface area contributed by atoms with Gasteiger partial charge in [0.05, 0.1) is 28.6 Å². The van der Waals surface area contributed by atoms with Crippen LogP contribution in [-0.4, -0.2) is 46.3 Å². The lowest BCUT2D eigenvalue weighted by molar-refractivity contribution is 0.0998. The molecule has 0 radical (unpaired) electrons. The highest BCUT2D eigenvalue weighted by Gasteiger charge is 2.19. The molecule has 4 rings (SSSR count). The predicted molar refractivity (Wildman–Crippen MR) is 124 cm³/mol. The zero-order valence-electron chi connectivity index (χ0n) is 16.6. The number of nitrogens with one attached hydrogen (secondary N) is 1. The van der Waals surface area contributed by atoms with E-state index in [9.17, 15) is 18.3 Å². The third kappa shape index (κ3) is 4.19. The zero-order valence-corrected chi connectivity index (χ0v) is 19.0. The number of benzene rings is 2. The van der Waals surface area contributed by atoms with E-state index in [1.165, 1.54) is 36.0 Å². The number of anilines is 1. The van der Waals surface area contributed by atoms with Crippen LogP contribution in [0.4, 0.5) is 16.4 Å². The number of fused-ring (bicyclic) bond motifs is 2. The van der Waals surface area contributed by atoms with Crippen molar-refractivity contribution in [3.8, 4) is 5.75 Å². The molecule has 2 aromatic heterocycles. The Kier molecular flexibility index (Phi) is 5.66. The summed E-state index contributed by atoms with van der Waals surface area (Å²) in [4.78, 5) is 20.4. The third-order valence-corrected chi connectivity index (χ3v) is 6.19. The van der Waals surface area contributed by atoms with Crippen molar-refractivity contribution < 1.29 is 18.3 Å². The number of amides is 1. The summed E-state index contributed by atoms with van der Waals surface area (Å²) < 4.78 is 30.3. The van der Waals surface area contributed by atoms with Crippen LogP contribution in [0.5, 0.6) is 5.75 Å². The molecule has 14 heteroatoms. The average molecular weight is 490 g/mol. The quantitative estimate of drug-likeness (QED) is 0.209. The summed E-state index contributed by atoms with van der Waals surface area (Å²) in [5, 5.41) is 21.0. The van der Waals surface area contributed by atoms with Crippen LogP contribution in [-0.2, 0) is 10.0 Å². The molecule has 0 saturated heterocycles. The second kappa shape index (κ2) is 8.29. The van der Waals surface area contributed by atoms with Crippen LogP contribution in [0.15, 0.2) is 45.8 Å². The van der Waals surface area contributed by atoms with Crippen LogP contribution in [0.3, 0.4) is 0 Å². The molecule has 0 atom stereocenters. The van der Waals surface area contributed by atoms with Gasteiger partial charge >= 0.3 is 0 Å². The topological polar surface area (TPSA) is 173 Å². The van der Waals surface area contributed by atoms with Gasteiger partial charge in [0.25, 0.3) is 5.91 Å². The number of nitrogens with two attached hydrogens (primary N) is 1. The summed E-state index contributed by atoms with van der Waals surface area (Å²) in [7, 11) is -3.64. The molecule has 1 amide bonds. The smallest absolute Gasteiger partial charge is 0.252 e. The Morgan fingerprint density at radius 3 is 2.75 bits per heavy atom. The van der Waals surface area contributed by atoms with Gasteiger partial charge in [-0.1, -0.05) is 23.9 Å². The standard InChI is InChI=1S/C18H15N7O4S3/c1-30-18-20-7-10-16(21-18)24-31-17(10)23-22-12-6-9(15(19)27)14(26)8-4-3-5-11(13(8)12)25-32(2,28)29/h3-7,25-26H,1-2H3,(H2,19,27)/b23-22+. The number of nitrogens with zero attached hydrogens (tertiary/aromatic N) is 5. The van der Waals surface area contributed by atoms with Crippen LogP contribution in [0.1, 0.15) is 10.4 Å². The van der Waals surface area contributed by atoms with Crippen LogP contribution < -0.4 is 10.5 Å². The van der Waals surface area contributed by atoms with Crippen molar-refractivity contribution in [1.82, 2.24) is 14.3 Å². The van der Waals surface area contributed by atoms with Crippen LogP contribution in [0.2, 0.25) is 0 Å². The maximum Gasteiger partial charge on any atom is 0.252 e. The van der Waals surface area contributed by atoms with E-state index in [2.05, 4.69) is 29.3 Å². The first-order valence-corrected chi connectivity index (χ1v) is 12.7. The van der Waals surface area contributed by atoms with Gasteiger partial charge < -0.3 is 10.8 Å². The van der Waals surface area contributed by atoms with Crippen LogP contribution in [0.25, 0.3) is 21.8 Å². The van der Waals surface area contributed by atoms with Crippen molar-refractivity contribution in [3.63, 3.8) is 0 Å². The molecule has 0 aliphatic carbocycles. The van der Waals surface area contributed by atoms with Crippen molar-refractivity contribution in [2.24, 2.45) is 16.0 Å². The Labute approximate surface area is 190 Å². The van der Waals surface area contributed by atoms with Gasteiger partial charge in [0.2, 0.25) is 10.0 Å². The fraction of sp³-hybridized carbons (Fsp3) is 0.111. The fourth-order valence-corrected chi connectivity index (χ4v) is 4.52. The molecule has 2 heterocycles. The molecular formula is C18H15N7O4S3. The van der Waals surface area contributed by atoms with Gasteiger partial charge in [0, 0.05) is 17.0 Å². The Hall–Kier alpha value is -3.36. The lowest BCUT2D eigenvalue weighted by atomic mass is 10.0. The molecule has 0 fully saturated rings. The van der Waals surface area contributed by atoms with Crippen LogP contribution in [0, 0.1) is 0 Å². The van der Waals surface area contributed by atoms with Gasteiger partial charge in [0.15, 0.2) is 15.8 Å². The van der Waals surface area contributed by atoms with E-state index in [0.717, 1.165) is 17.8 Å². The molecule has 164 valence electrons. The maximum absolute atomic E-state index is 11.9. The van der Waals surface area contributed by atoms with E-state index >= 15 is 0 Å². The van der Waals surface area contributed by atoms with Gasteiger partial charge in [0.1, 0.15) is 5.75 Å². The molecule has 32 heavy (non-hydrogen) atoms. The number of hydrogen-bond acceptors (Lipinski definition) is 11. The molecule has 11 nitrogen and oxygen atoms in total. The van der Waals surface area contributed by atoms with Crippen molar-refractivity contribution in [1.29, 1.82) is 0 Å². The Bertz CT molecular complexity index is 1520. The van der Waals surface area contributed by atoms with Gasteiger partial charge in [-0.3, -0.25) is 9.52 Å². The van der Waals surface area contributed by atoms with Crippen molar-refractivity contribution in [2.45, 2.75) is 5.16 Å². The highest BCUT2D eigenvalue weighted by Crippen LogP contribution is 2.41. The molecule has 4 aromatic rings. The summed E-state index contributed by atoms with van der Waals surface area (Å²) in [6.07, 6.45) is 4.44. The van der Waals surface area contributed by atoms with Crippen LogP contribution >= 0.6 is 23.3 Å². The van der Waals surface area contributed by atoms with Gasteiger partial charge in [-0.05, 0) is 29.9 Å². The summed E-state index contributed by atoms with van der Waals surface area (Å²) in [6.45, 7) is 0. The van der Waals surface area contributed by atoms with E-state index < -0.39 is 15.9 Å². The number of sulfonamides is 1. The molecule has 0 aliphatic rings. The predicted octanol–water partition coefficient (Wildman–Crippen LogP) is 3.55. The lowest BCUT2D eigenvalue weighted by Gasteiger charge is -2.13. The minimum Gasteiger partial charge on any atom is -0.506 e. The lowest BCUT2D eigenvalue weighted by Crippen LogP contribution is -2.12. The Morgan fingerprint density at radius 1 is 1.28 bits per heavy atom. The molecule has 0 aliphatic heterocycles. The minimum atomic E-state index is -3.64. The van der Waals surface area contributed by atoms with Crippen molar-refractivity contribution >= 4 is 77.4 Å². The van der Waals surface area contributed by atoms with Gasteiger partial charge in [-0.15, -0.1) is 10.2 Å². The zero-order chi connectivity index (χ0) is 23.0. The number of hydrogen-bond donors (Lipinski definition) is 3. The average Bonchev–Trinajstić information content (AvgIpc) is 3.14. The maximum atomic E-state index is 11.9. The summed E-state index contributed by atoms with van der Waals surface area (Å²) in [5.41, 5.74) is 5.98. The highest BCUT2D eigenvalue weighted by atomic mass is 32.2. The van der Waals surface area contributed by atoms with E-state index in [4.69, 9.17) is 5.73 Å². The fourth-order valence-electron chi connectivity index (χ4n) is 2.98. The second-order valence-electron chi connectivity index (χ2n) is 6.54. The first-order valence-electron chi connectivity index (χ1n) is 8.82. The monoisotopic (exact) mass is 489 g/mol. The van der Waals surface area contributed by atoms with Gasteiger partial charge in [-0.25, -0.2) is 18.4 Å². The van der Waals surface area contributed by atoms with E-state index in [0.29, 0.717) is 21.2 Å². The number of azo groups is 1. The number of rotatable bonds is 6. The van der Waals surface area contributed by atoms with E-state index in [1.54, 1.807) is 6.20 Å². The highest BCUT2D eigenvalue weighted by molar-refractivity contribution is 7.98. The third-order valence-electron chi connectivity index (χ3n) is 4.30. The van der Waals surface area contributed by atoms with E-state index in [-0.39, 0.29) is 33.5 Å².